The molecule has 190 valence electrons. The summed E-state index contributed by atoms with van der Waals surface area (Å²) in [4.78, 5) is 31.1. The molecule has 2 N–H and O–H groups in total. The number of piperidine rings is 1. The van der Waals surface area contributed by atoms with Crippen molar-refractivity contribution in [1.82, 2.24) is 15.2 Å². The minimum Gasteiger partial charge on any atom is -0.361 e. The summed E-state index contributed by atoms with van der Waals surface area (Å²) >= 11 is 4.50. The van der Waals surface area contributed by atoms with Crippen LogP contribution in [0.15, 0.2) is 85.1 Å². The fourth-order valence-corrected chi connectivity index (χ4v) is 5.39. The molecule has 1 fully saturated rings. The molecular formula is C31H33N3O2S. The van der Waals surface area contributed by atoms with E-state index in [1.165, 1.54) is 16.5 Å². The highest BCUT2D eigenvalue weighted by Crippen LogP contribution is 2.23. The Kier molecular flexibility index (Phi) is 7.95. The second-order valence-electron chi connectivity index (χ2n) is 9.85. The SMILES string of the molecule is O=C(N[C@@H](CS)Cc1c[nH]c2ccccc12)C1CCN(C(=O)Cc2ccc(-c3ccccc3)cc2)CC1. The quantitative estimate of drug-likeness (QED) is 0.282. The number of fused-ring (bicyclic) bond motifs is 1. The van der Waals surface area contributed by atoms with Crippen molar-refractivity contribution in [2.75, 3.05) is 18.8 Å². The number of hydrogen-bond donors (Lipinski definition) is 3. The van der Waals surface area contributed by atoms with Crippen LogP contribution in [0.25, 0.3) is 22.0 Å². The first-order chi connectivity index (χ1) is 18.1. The average molecular weight is 512 g/mol. The summed E-state index contributed by atoms with van der Waals surface area (Å²) < 4.78 is 0. The topological polar surface area (TPSA) is 65.2 Å². The van der Waals surface area contributed by atoms with E-state index in [0.717, 1.165) is 23.1 Å². The zero-order valence-electron chi connectivity index (χ0n) is 20.9. The smallest absolute Gasteiger partial charge is 0.226 e. The molecular weight excluding hydrogens is 478 g/mol. The van der Waals surface area contributed by atoms with Crippen molar-refractivity contribution >= 4 is 35.3 Å². The molecule has 1 aliphatic rings. The van der Waals surface area contributed by atoms with Gasteiger partial charge in [-0.2, -0.15) is 12.6 Å². The Labute approximate surface area is 223 Å². The summed E-state index contributed by atoms with van der Waals surface area (Å²) in [6.45, 7) is 1.24. The molecule has 3 aromatic carbocycles. The molecule has 0 spiro atoms. The van der Waals surface area contributed by atoms with Crippen LogP contribution in [0.3, 0.4) is 0 Å². The largest absolute Gasteiger partial charge is 0.361 e. The molecule has 1 atom stereocenters. The predicted octanol–water partition coefficient (Wildman–Crippen LogP) is 5.27. The molecule has 5 rings (SSSR count). The fourth-order valence-electron chi connectivity index (χ4n) is 5.17. The molecule has 37 heavy (non-hydrogen) atoms. The van der Waals surface area contributed by atoms with Gasteiger partial charge in [0.05, 0.1) is 6.42 Å². The molecule has 0 unspecified atom stereocenters. The molecule has 0 bridgehead atoms. The van der Waals surface area contributed by atoms with Gasteiger partial charge in [0.2, 0.25) is 11.8 Å². The highest BCUT2D eigenvalue weighted by atomic mass is 32.1. The first kappa shape index (κ1) is 25.2. The predicted molar refractivity (Wildman–Crippen MR) is 153 cm³/mol. The van der Waals surface area contributed by atoms with Gasteiger partial charge < -0.3 is 15.2 Å². The van der Waals surface area contributed by atoms with Crippen LogP contribution < -0.4 is 5.32 Å². The van der Waals surface area contributed by atoms with Crippen molar-refractivity contribution in [2.24, 2.45) is 5.92 Å². The molecule has 2 heterocycles. The van der Waals surface area contributed by atoms with Crippen molar-refractivity contribution in [1.29, 1.82) is 0 Å². The van der Waals surface area contributed by atoms with Crippen molar-refractivity contribution in [3.63, 3.8) is 0 Å². The first-order valence-electron chi connectivity index (χ1n) is 13.0. The van der Waals surface area contributed by atoms with Crippen LogP contribution in [0.4, 0.5) is 0 Å². The maximum Gasteiger partial charge on any atom is 0.226 e. The van der Waals surface area contributed by atoms with Gasteiger partial charge in [0.25, 0.3) is 0 Å². The molecule has 0 saturated carbocycles. The molecule has 2 amide bonds. The highest BCUT2D eigenvalue weighted by molar-refractivity contribution is 7.80. The number of rotatable bonds is 8. The molecule has 6 heteroatoms. The monoisotopic (exact) mass is 511 g/mol. The Morgan fingerprint density at radius 1 is 0.919 bits per heavy atom. The third kappa shape index (κ3) is 6.08. The number of amides is 2. The van der Waals surface area contributed by atoms with Crippen LogP contribution in [-0.4, -0.2) is 46.6 Å². The zero-order valence-corrected chi connectivity index (χ0v) is 21.8. The number of H-pyrrole nitrogens is 1. The summed E-state index contributed by atoms with van der Waals surface area (Å²) in [6.07, 6.45) is 4.53. The van der Waals surface area contributed by atoms with Gasteiger partial charge in [-0.25, -0.2) is 0 Å². The van der Waals surface area contributed by atoms with Gasteiger partial charge in [0.1, 0.15) is 0 Å². The van der Waals surface area contributed by atoms with Gasteiger partial charge in [-0.3, -0.25) is 9.59 Å². The van der Waals surface area contributed by atoms with Crippen LogP contribution in [0.1, 0.15) is 24.0 Å². The van der Waals surface area contributed by atoms with Gasteiger partial charge in [-0.05, 0) is 47.6 Å². The minimum atomic E-state index is -0.0699. The van der Waals surface area contributed by atoms with E-state index in [4.69, 9.17) is 0 Å². The second-order valence-corrected chi connectivity index (χ2v) is 10.2. The molecule has 0 radical (unpaired) electrons. The van der Waals surface area contributed by atoms with Gasteiger partial charge in [0, 0.05) is 47.9 Å². The van der Waals surface area contributed by atoms with E-state index in [2.05, 4.69) is 59.3 Å². The summed E-state index contributed by atoms with van der Waals surface area (Å²) in [7, 11) is 0. The first-order valence-corrected chi connectivity index (χ1v) is 13.6. The van der Waals surface area contributed by atoms with Gasteiger partial charge >= 0.3 is 0 Å². The lowest BCUT2D eigenvalue weighted by molar-refractivity contribution is -0.135. The number of hydrogen-bond acceptors (Lipinski definition) is 3. The Bertz CT molecular complexity index is 1340. The van der Waals surface area contributed by atoms with E-state index in [1.54, 1.807) is 0 Å². The molecule has 4 aromatic rings. The Balaban J connectivity index is 1.10. The third-order valence-electron chi connectivity index (χ3n) is 7.34. The van der Waals surface area contributed by atoms with Gasteiger partial charge in [-0.15, -0.1) is 0 Å². The number of thiol groups is 1. The standard InChI is InChI=1S/C31H33N3O2S/c35-30(18-22-10-12-24(13-11-22)23-6-2-1-3-7-23)34-16-14-25(15-17-34)31(36)33-27(21-37)19-26-20-32-29-9-5-4-8-28(26)29/h1-13,20,25,27,32,37H,14-19,21H2,(H,33,36)/t27-/m1/s1. The summed E-state index contributed by atoms with van der Waals surface area (Å²) in [5, 5.41) is 4.39. The zero-order chi connectivity index (χ0) is 25.6. The highest BCUT2D eigenvalue weighted by Gasteiger charge is 2.28. The van der Waals surface area contributed by atoms with Crippen molar-refractivity contribution in [3.8, 4) is 11.1 Å². The number of carbonyl (C=O) groups excluding carboxylic acids is 2. The maximum absolute atomic E-state index is 13.0. The lowest BCUT2D eigenvalue weighted by Crippen LogP contribution is -2.46. The number of para-hydroxylation sites is 1. The van der Waals surface area contributed by atoms with Crippen LogP contribution in [0.5, 0.6) is 0 Å². The number of nitrogens with one attached hydrogen (secondary N) is 2. The van der Waals surface area contributed by atoms with Crippen LogP contribution in [0, 0.1) is 5.92 Å². The lowest BCUT2D eigenvalue weighted by atomic mass is 9.94. The number of nitrogens with zero attached hydrogens (tertiary/aromatic N) is 1. The number of carbonyl (C=O) groups is 2. The van der Waals surface area contributed by atoms with E-state index < -0.39 is 0 Å². The number of benzene rings is 3. The Morgan fingerprint density at radius 2 is 1.59 bits per heavy atom. The summed E-state index contributed by atoms with van der Waals surface area (Å²) in [5.41, 5.74) is 5.62. The molecule has 5 nitrogen and oxygen atoms in total. The van der Waals surface area contributed by atoms with Gasteiger partial charge in [0.15, 0.2) is 0 Å². The molecule has 1 aliphatic heterocycles. The lowest BCUT2D eigenvalue weighted by Gasteiger charge is -2.32. The normalized spacial score (nSPS) is 15.0. The van der Waals surface area contributed by atoms with Crippen LogP contribution in [-0.2, 0) is 22.4 Å². The van der Waals surface area contributed by atoms with Crippen molar-refractivity contribution < 1.29 is 9.59 Å². The molecule has 0 aliphatic carbocycles. The van der Waals surface area contributed by atoms with Crippen molar-refractivity contribution in [2.45, 2.75) is 31.7 Å². The number of likely N-dealkylation sites (tertiary alicyclic amines) is 1. The van der Waals surface area contributed by atoms with Crippen LogP contribution >= 0.6 is 12.6 Å². The minimum absolute atomic E-state index is 0.0337. The van der Waals surface area contributed by atoms with E-state index in [0.29, 0.717) is 38.1 Å². The third-order valence-corrected chi connectivity index (χ3v) is 7.78. The molecule has 1 aromatic heterocycles. The number of aromatic amines is 1. The summed E-state index contributed by atoms with van der Waals surface area (Å²) in [5.74, 6) is 0.701. The Morgan fingerprint density at radius 3 is 2.32 bits per heavy atom. The maximum atomic E-state index is 13.0. The fraction of sp³-hybridized carbons (Fsp3) is 0.290. The Hall–Kier alpha value is -3.51. The number of aromatic nitrogens is 1. The van der Waals surface area contributed by atoms with E-state index >= 15 is 0 Å². The van der Waals surface area contributed by atoms with Crippen molar-refractivity contribution in [3.05, 3.63) is 96.2 Å². The van der Waals surface area contributed by atoms with E-state index in [-0.39, 0.29) is 23.8 Å². The summed E-state index contributed by atoms with van der Waals surface area (Å²) in [6, 6.07) is 26.6. The van der Waals surface area contributed by atoms with Gasteiger partial charge in [-0.1, -0.05) is 72.8 Å². The second kappa shape index (κ2) is 11.7. The van der Waals surface area contributed by atoms with Crippen LogP contribution in [0.2, 0.25) is 0 Å². The molecule has 1 saturated heterocycles. The van der Waals surface area contributed by atoms with E-state index in [9.17, 15) is 9.59 Å². The van der Waals surface area contributed by atoms with E-state index in [1.807, 2.05) is 53.6 Å². The average Bonchev–Trinajstić information content (AvgIpc) is 3.36.